The smallest absolute Gasteiger partial charge is 0.0714 e. The van der Waals surface area contributed by atoms with Gasteiger partial charge in [0.25, 0.3) is 0 Å². The zero-order valence-electron chi connectivity index (χ0n) is 37.5. The van der Waals surface area contributed by atoms with Crippen LogP contribution in [0.3, 0.4) is 0 Å². The number of anilines is 3. The van der Waals surface area contributed by atoms with Crippen LogP contribution < -0.4 is 4.90 Å². The monoisotopic (exact) mass is 858 g/mol. The number of para-hydroxylation sites is 3. The molecular weight excluding hydrogens is 809 g/mol. The molecule has 0 aliphatic heterocycles. The molecule has 0 spiro atoms. The number of benzene rings is 10. The molecule has 0 amide bonds. The minimum atomic E-state index is -0.546. The Labute approximate surface area is 393 Å². The van der Waals surface area contributed by atoms with Crippen molar-refractivity contribution >= 4 is 49.6 Å². The molecule has 0 unspecified atom stereocenters. The zero-order valence-corrected chi connectivity index (χ0v) is 37.5. The Morgan fingerprint density at radius 3 is 1.75 bits per heavy atom. The van der Waals surface area contributed by atoms with E-state index in [0.29, 0.717) is 5.92 Å². The van der Waals surface area contributed by atoms with Gasteiger partial charge in [0.2, 0.25) is 0 Å². The first-order chi connectivity index (χ1) is 33.3. The van der Waals surface area contributed by atoms with Gasteiger partial charge < -0.3 is 9.47 Å². The molecule has 1 saturated carbocycles. The van der Waals surface area contributed by atoms with Crippen LogP contribution in [0.25, 0.3) is 60.5 Å². The molecule has 11 aromatic rings. The van der Waals surface area contributed by atoms with Crippen molar-refractivity contribution in [2.24, 2.45) is 0 Å². The second-order valence-corrected chi connectivity index (χ2v) is 18.6. The molecule has 0 N–H and O–H groups in total. The van der Waals surface area contributed by atoms with Crippen molar-refractivity contribution in [2.45, 2.75) is 43.4 Å². The van der Waals surface area contributed by atoms with E-state index < -0.39 is 5.41 Å². The summed E-state index contributed by atoms with van der Waals surface area (Å²) < 4.78 is 2.44. The number of fused-ring (bicyclic) bond motifs is 7. The molecule has 0 bridgehead atoms. The summed E-state index contributed by atoms with van der Waals surface area (Å²) in [4.78, 5) is 2.58. The molecule has 1 heterocycles. The van der Waals surface area contributed by atoms with E-state index in [0.717, 1.165) is 22.7 Å². The Morgan fingerprint density at radius 2 is 0.970 bits per heavy atom. The topological polar surface area (TPSA) is 8.17 Å². The first kappa shape index (κ1) is 39.4. The lowest BCUT2D eigenvalue weighted by molar-refractivity contribution is 0.445. The van der Waals surface area contributed by atoms with Crippen LogP contribution in [-0.2, 0) is 5.41 Å². The maximum atomic E-state index is 2.58. The molecule has 1 aromatic heterocycles. The van der Waals surface area contributed by atoms with Gasteiger partial charge in [0.05, 0.1) is 27.8 Å². The maximum absolute atomic E-state index is 2.58. The highest BCUT2D eigenvalue weighted by Crippen LogP contribution is 2.57. The van der Waals surface area contributed by atoms with Crippen LogP contribution in [0, 0.1) is 0 Å². The SMILES string of the molecule is c1ccc(-n2c3ccccc3c3c(N(c4cccc(C5(c6ccccc6)c6ccccc6-c6ccccc65)c4)c4ccccc4-c4cccc5cccc(C6CCCCC6)c45)cccc32)cc1. The van der Waals surface area contributed by atoms with Gasteiger partial charge in [-0.15, -0.1) is 0 Å². The van der Waals surface area contributed by atoms with Gasteiger partial charge in [-0.2, -0.15) is 0 Å². The first-order valence-corrected chi connectivity index (χ1v) is 24.1. The third kappa shape index (κ3) is 6.16. The van der Waals surface area contributed by atoms with Crippen molar-refractivity contribution < 1.29 is 0 Å². The van der Waals surface area contributed by atoms with Crippen molar-refractivity contribution in [3.05, 3.63) is 264 Å². The van der Waals surface area contributed by atoms with Gasteiger partial charge in [0, 0.05) is 27.7 Å². The standard InChI is InChI=1S/C65H50N2/c1-4-22-45(23-5-1)51-36-18-24-46-25-19-37-55(63(46)51)54-34-12-16-40-59(54)67(62-43-21-42-61-64(62)56-35-13-17-41-60(56)66(61)49-29-8-3-9-30-49)50-31-20-28-48(44-50)65(47-26-6-2-7-27-47)57-38-14-10-32-52(57)53-33-11-15-39-58(53)65/h2-3,6-21,24-45H,1,4-5,22-23H2. The average Bonchev–Trinajstić information content (AvgIpc) is 3.91. The van der Waals surface area contributed by atoms with Gasteiger partial charge in [-0.05, 0) is 123 Å². The van der Waals surface area contributed by atoms with Crippen LogP contribution >= 0.6 is 0 Å². The van der Waals surface area contributed by atoms with Crippen LogP contribution in [0.15, 0.2) is 237 Å². The number of aromatic nitrogens is 1. The molecule has 2 heteroatoms. The zero-order chi connectivity index (χ0) is 44.3. The molecule has 0 atom stereocenters. The highest BCUT2D eigenvalue weighted by atomic mass is 15.2. The summed E-state index contributed by atoms with van der Waals surface area (Å²) in [5.41, 5.74) is 18.1. The summed E-state index contributed by atoms with van der Waals surface area (Å²) in [5.74, 6) is 0.558. The van der Waals surface area contributed by atoms with E-state index in [-0.39, 0.29) is 0 Å². The third-order valence-electron chi connectivity index (χ3n) is 15.0. The summed E-state index contributed by atoms with van der Waals surface area (Å²) in [6.07, 6.45) is 6.42. The van der Waals surface area contributed by atoms with Gasteiger partial charge in [0.1, 0.15) is 0 Å². The molecule has 13 rings (SSSR count). The predicted molar refractivity (Wildman–Crippen MR) is 282 cm³/mol. The molecule has 2 aliphatic rings. The fourth-order valence-corrected chi connectivity index (χ4v) is 12.3. The highest BCUT2D eigenvalue weighted by Gasteiger charge is 2.46. The van der Waals surface area contributed by atoms with Crippen LogP contribution in [0.2, 0.25) is 0 Å². The summed E-state index contributed by atoms with van der Waals surface area (Å²) in [7, 11) is 0. The van der Waals surface area contributed by atoms with Crippen LogP contribution in [0.1, 0.15) is 65.8 Å². The van der Waals surface area contributed by atoms with Gasteiger partial charge in [-0.1, -0.05) is 207 Å². The molecule has 1 fully saturated rings. The van der Waals surface area contributed by atoms with Gasteiger partial charge in [-0.3, -0.25) is 0 Å². The van der Waals surface area contributed by atoms with Crippen molar-refractivity contribution in [1.82, 2.24) is 4.57 Å². The molecule has 10 aromatic carbocycles. The van der Waals surface area contributed by atoms with Crippen LogP contribution in [0.5, 0.6) is 0 Å². The van der Waals surface area contributed by atoms with Crippen LogP contribution in [-0.4, -0.2) is 4.57 Å². The third-order valence-corrected chi connectivity index (χ3v) is 15.0. The summed E-state index contributed by atoms with van der Waals surface area (Å²) in [6, 6.07) is 88.6. The highest BCUT2D eigenvalue weighted by molar-refractivity contribution is 6.17. The molecule has 2 aliphatic carbocycles. The van der Waals surface area contributed by atoms with E-state index in [4.69, 9.17) is 0 Å². The van der Waals surface area contributed by atoms with E-state index >= 15 is 0 Å². The number of rotatable bonds is 8. The Kier molecular flexibility index (Phi) is 9.53. The molecule has 320 valence electrons. The molecule has 2 nitrogen and oxygen atoms in total. The number of hydrogen-bond donors (Lipinski definition) is 0. The van der Waals surface area contributed by atoms with Crippen LogP contribution in [0.4, 0.5) is 17.1 Å². The lowest BCUT2D eigenvalue weighted by Gasteiger charge is -2.35. The maximum Gasteiger partial charge on any atom is 0.0714 e. The number of hydrogen-bond acceptors (Lipinski definition) is 1. The van der Waals surface area contributed by atoms with E-state index in [2.05, 4.69) is 246 Å². The van der Waals surface area contributed by atoms with Crippen molar-refractivity contribution in [3.63, 3.8) is 0 Å². The summed E-state index contributed by atoms with van der Waals surface area (Å²) >= 11 is 0. The summed E-state index contributed by atoms with van der Waals surface area (Å²) in [5, 5.41) is 5.14. The van der Waals surface area contributed by atoms with E-state index in [1.54, 1.807) is 0 Å². The van der Waals surface area contributed by atoms with Gasteiger partial charge in [-0.25, -0.2) is 0 Å². The Balaban J connectivity index is 1.12. The Morgan fingerprint density at radius 1 is 0.403 bits per heavy atom. The second-order valence-electron chi connectivity index (χ2n) is 18.6. The van der Waals surface area contributed by atoms with Crippen molar-refractivity contribution in [1.29, 1.82) is 0 Å². The van der Waals surface area contributed by atoms with Crippen molar-refractivity contribution in [2.75, 3.05) is 4.90 Å². The minimum Gasteiger partial charge on any atom is -0.309 e. The minimum absolute atomic E-state index is 0.546. The van der Waals surface area contributed by atoms with Crippen molar-refractivity contribution in [3.8, 4) is 27.9 Å². The largest absolute Gasteiger partial charge is 0.309 e. The normalized spacial score (nSPS) is 14.3. The lowest BCUT2D eigenvalue weighted by Crippen LogP contribution is -2.28. The van der Waals surface area contributed by atoms with Gasteiger partial charge >= 0.3 is 0 Å². The van der Waals surface area contributed by atoms with E-state index in [1.807, 2.05) is 0 Å². The quantitative estimate of drug-likeness (QED) is 0.148. The molecule has 0 saturated heterocycles. The molecule has 67 heavy (non-hydrogen) atoms. The molecular formula is C65H50N2. The number of nitrogens with zero attached hydrogens (tertiary/aromatic N) is 2. The predicted octanol–water partition coefficient (Wildman–Crippen LogP) is 17.5. The Hall–Kier alpha value is -7.94. The van der Waals surface area contributed by atoms with E-state index in [9.17, 15) is 0 Å². The fourth-order valence-electron chi connectivity index (χ4n) is 12.3. The molecule has 0 radical (unpaired) electrons. The van der Waals surface area contributed by atoms with Gasteiger partial charge in [0.15, 0.2) is 0 Å². The lowest BCUT2D eigenvalue weighted by atomic mass is 9.67. The summed E-state index contributed by atoms with van der Waals surface area (Å²) in [6.45, 7) is 0. The second kappa shape index (κ2) is 16.2. The van der Waals surface area contributed by atoms with E-state index in [1.165, 1.54) is 115 Å². The first-order valence-electron chi connectivity index (χ1n) is 24.1. The Bertz CT molecular complexity index is 3580. The fraction of sp³-hybridized carbons (Fsp3) is 0.108. The average molecular weight is 859 g/mol.